The second-order valence-corrected chi connectivity index (χ2v) is 9.21. The second kappa shape index (κ2) is 12.4. The Hall–Kier alpha value is -7.46. The maximum absolute atomic E-state index is 15.5. The lowest BCUT2D eigenvalue weighted by Gasteiger charge is -2.12. The Bertz CT molecular complexity index is 2350. The molecule has 0 N–H and O–H groups in total. The predicted octanol–water partition coefficient (Wildman–Crippen LogP) is 6.81. The van der Waals surface area contributed by atoms with E-state index in [9.17, 15) is 48.3 Å². The number of alkyl halides is 3. The molecular formula is C31H2F10N8. The number of benzene rings is 2. The van der Waals surface area contributed by atoms with Crippen LogP contribution in [0.5, 0.6) is 0 Å². The van der Waals surface area contributed by atoms with Crippen LogP contribution in [0.25, 0.3) is 16.7 Å². The van der Waals surface area contributed by atoms with Crippen molar-refractivity contribution in [1.82, 2.24) is 4.98 Å². The number of nitriles is 7. The number of hydrogen-bond acceptors (Lipinski definition) is 8. The van der Waals surface area contributed by atoms with Crippen LogP contribution in [0.15, 0.2) is 29.1 Å². The molecule has 0 atom stereocenters. The van der Waals surface area contributed by atoms with Crippen molar-refractivity contribution in [2.75, 3.05) is 0 Å². The zero-order valence-electron chi connectivity index (χ0n) is 23.0. The number of nitrogens with zero attached hydrogens (tertiary/aromatic N) is 8. The van der Waals surface area contributed by atoms with Crippen molar-refractivity contribution in [2.24, 2.45) is 0 Å². The van der Waals surface area contributed by atoms with Crippen LogP contribution >= 0.6 is 0 Å². The molecule has 0 bridgehead atoms. The molecule has 2 aromatic carbocycles. The van der Waals surface area contributed by atoms with Crippen LogP contribution in [0.1, 0.15) is 44.5 Å². The van der Waals surface area contributed by atoms with Gasteiger partial charge in [0.15, 0.2) is 40.7 Å². The molecule has 1 fully saturated rings. The fourth-order valence-electron chi connectivity index (χ4n) is 4.73. The van der Waals surface area contributed by atoms with Gasteiger partial charge in [0, 0.05) is 28.5 Å². The van der Waals surface area contributed by atoms with Crippen LogP contribution in [0.3, 0.4) is 0 Å². The van der Waals surface area contributed by atoms with Gasteiger partial charge >= 0.3 is 6.18 Å². The molecule has 8 nitrogen and oxygen atoms in total. The fraction of sp³-hybridized carbons (Fsp3) is 0.0323. The quantitative estimate of drug-likeness (QED) is 0.165. The maximum Gasteiger partial charge on any atom is 0.418 e. The predicted molar refractivity (Wildman–Crippen MR) is 138 cm³/mol. The minimum atomic E-state index is -5.50. The lowest BCUT2D eigenvalue weighted by molar-refractivity contribution is -0.138. The smallest absolute Gasteiger partial charge is 0.261 e. The van der Waals surface area contributed by atoms with E-state index in [1.165, 1.54) is 0 Å². The normalized spacial score (nSPS) is 14.9. The Balaban J connectivity index is 2.40. The fourth-order valence-corrected chi connectivity index (χ4v) is 4.73. The van der Waals surface area contributed by atoms with E-state index < -0.39 is 125 Å². The van der Waals surface area contributed by atoms with Gasteiger partial charge in [0.1, 0.15) is 64.7 Å². The van der Waals surface area contributed by atoms with E-state index in [4.69, 9.17) is 10.5 Å². The van der Waals surface area contributed by atoms with Crippen LogP contribution < -0.4 is 0 Å². The molecule has 18 heteroatoms. The first-order chi connectivity index (χ1) is 23.1. The zero-order valence-corrected chi connectivity index (χ0v) is 23.0. The third kappa shape index (κ3) is 5.11. The Morgan fingerprint density at radius 3 is 1.10 bits per heavy atom. The first-order valence-electron chi connectivity index (χ1n) is 12.3. The average Bonchev–Trinajstić information content (AvgIpc) is 3.78. The van der Waals surface area contributed by atoms with Gasteiger partial charge in [-0.25, -0.2) is 30.7 Å². The molecule has 1 heterocycles. The summed E-state index contributed by atoms with van der Waals surface area (Å²) < 4.78 is 148. The molecule has 0 unspecified atom stereocenters. The van der Waals surface area contributed by atoms with Crippen molar-refractivity contribution < 1.29 is 43.9 Å². The summed E-state index contributed by atoms with van der Waals surface area (Å²) in [7, 11) is 0. The van der Waals surface area contributed by atoms with Gasteiger partial charge in [-0.2, -0.15) is 50.0 Å². The Morgan fingerprint density at radius 1 is 0.469 bits per heavy atom. The minimum absolute atomic E-state index is 0.0188. The molecule has 49 heavy (non-hydrogen) atoms. The Labute approximate surface area is 265 Å². The van der Waals surface area contributed by atoms with Gasteiger partial charge in [-0.05, 0) is 0 Å². The van der Waals surface area contributed by atoms with Gasteiger partial charge in [-0.15, -0.1) is 0 Å². The van der Waals surface area contributed by atoms with Crippen molar-refractivity contribution in [3.63, 3.8) is 0 Å². The molecule has 0 radical (unpaired) electrons. The molecule has 1 saturated carbocycles. The summed E-state index contributed by atoms with van der Waals surface area (Å²) in [6.07, 6.45) is -5.32. The largest absolute Gasteiger partial charge is 0.418 e. The highest BCUT2D eigenvalue weighted by atomic mass is 19.4. The van der Waals surface area contributed by atoms with Crippen molar-refractivity contribution in [3.8, 4) is 42.5 Å². The average molecular weight is 676 g/mol. The van der Waals surface area contributed by atoms with Crippen molar-refractivity contribution >= 4 is 16.7 Å². The Morgan fingerprint density at radius 2 is 0.796 bits per heavy atom. The highest BCUT2D eigenvalue weighted by molar-refractivity contribution is 6.12. The summed E-state index contributed by atoms with van der Waals surface area (Å²) >= 11 is 0. The van der Waals surface area contributed by atoms with E-state index >= 15 is 22.0 Å². The number of pyridine rings is 1. The van der Waals surface area contributed by atoms with Gasteiger partial charge in [0.25, 0.3) is 0 Å². The number of hydrogen-bond donors (Lipinski definition) is 0. The van der Waals surface area contributed by atoms with E-state index in [1.54, 1.807) is 0 Å². The lowest BCUT2D eigenvalue weighted by Crippen LogP contribution is -2.11. The van der Waals surface area contributed by atoms with E-state index in [0.717, 1.165) is 42.5 Å². The molecule has 0 saturated heterocycles. The first kappa shape index (κ1) is 34.4. The SMILES string of the molecule is N#CC(=C1C(=C(\C#N)c2c(F)cncc2C(F)(F)F)/C1=C(\C#N)c1c(F)c(F)c(C#N)c(C#N)c1F)c1c(F)c(F)c(C#N)c(C#N)c1F. The lowest BCUT2D eigenvalue weighted by atomic mass is 9.95. The number of rotatable bonds is 3. The van der Waals surface area contributed by atoms with Crippen molar-refractivity contribution in [1.29, 1.82) is 36.8 Å². The third-order valence-electron chi connectivity index (χ3n) is 6.82. The van der Waals surface area contributed by atoms with E-state index in [0.29, 0.717) is 0 Å². The first-order valence-corrected chi connectivity index (χ1v) is 12.3. The maximum atomic E-state index is 15.5. The van der Waals surface area contributed by atoms with Gasteiger partial charge < -0.3 is 0 Å². The minimum Gasteiger partial charge on any atom is -0.261 e. The summed E-state index contributed by atoms with van der Waals surface area (Å²) in [4.78, 5) is 3.03. The molecule has 1 aliphatic carbocycles. The molecule has 3 aromatic rings. The van der Waals surface area contributed by atoms with Crippen LogP contribution in [0.2, 0.25) is 0 Å². The second-order valence-electron chi connectivity index (χ2n) is 9.21. The van der Waals surface area contributed by atoms with Crippen LogP contribution in [0.4, 0.5) is 43.9 Å². The van der Waals surface area contributed by atoms with Crippen molar-refractivity contribution in [2.45, 2.75) is 6.18 Å². The summed E-state index contributed by atoms with van der Waals surface area (Å²) in [5.74, 6) is -15.4. The van der Waals surface area contributed by atoms with Crippen LogP contribution in [0, 0.1) is 120 Å². The van der Waals surface area contributed by atoms with Gasteiger partial charge in [-0.3, -0.25) is 4.98 Å². The topological polar surface area (TPSA) is 179 Å². The van der Waals surface area contributed by atoms with Crippen molar-refractivity contribution in [3.05, 3.63) is 114 Å². The summed E-state index contributed by atoms with van der Waals surface area (Å²) in [5, 5.41) is 66.7. The van der Waals surface area contributed by atoms with Crippen LogP contribution in [-0.4, -0.2) is 4.98 Å². The summed E-state index contributed by atoms with van der Waals surface area (Å²) in [6.45, 7) is 0. The zero-order chi connectivity index (χ0) is 36.7. The molecule has 1 aliphatic rings. The third-order valence-corrected chi connectivity index (χ3v) is 6.82. The number of halogens is 10. The van der Waals surface area contributed by atoms with Gasteiger partial charge in [-0.1, -0.05) is 0 Å². The highest BCUT2D eigenvalue weighted by Gasteiger charge is 2.47. The Kier molecular flexibility index (Phi) is 8.70. The highest BCUT2D eigenvalue weighted by Crippen LogP contribution is 2.57. The van der Waals surface area contributed by atoms with Gasteiger partial charge in [0.05, 0.1) is 39.6 Å². The molecule has 0 spiro atoms. The number of aromatic nitrogens is 1. The van der Waals surface area contributed by atoms with E-state index in [-0.39, 0.29) is 12.4 Å². The summed E-state index contributed by atoms with van der Waals surface area (Å²) in [5.41, 5.74) is -21.7. The molecule has 0 aliphatic heterocycles. The van der Waals surface area contributed by atoms with Crippen LogP contribution in [-0.2, 0) is 6.18 Å². The molecule has 1 aromatic heterocycles. The van der Waals surface area contributed by atoms with E-state index in [1.807, 2.05) is 0 Å². The monoisotopic (exact) mass is 676 g/mol. The van der Waals surface area contributed by atoms with E-state index in [2.05, 4.69) is 4.98 Å². The molecule has 4 rings (SSSR count). The van der Waals surface area contributed by atoms with Gasteiger partial charge in [0.2, 0.25) is 0 Å². The molecular weight excluding hydrogens is 674 g/mol. The standard InChI is InChI=1S/C31H2F10N8/c32-18-9-49-8-17(31(39,40)41)19(18)14(5-46)20-21(15(6-47)23-25(33)10(1-42)12(3-44)27(35)29(23)37)22(20)16(7-48)24-26(34)11(2-43)13(4-45)28(36)30(24)38/h8-9H/b20-14-,21-15?,22-16-. The molecule has 0 amide bonds. The molecule has 236 valence electrons. The number of allylic oxidation sites excluding steroid dienone is 6. The summed E-state index contributed by atoms with van der Waals surface area (Å²) in [6, 6.07) is 7.42.